The average Bonchev–Trinajstić information content (AvgIpc) is 3.21. The highest BCUT2D eigenvalue weighted by molar-refractivity contribution is 5.97. The van der Waals surface area contributed by atoms with Gasteiger partial charge in [-0.05, 0) is 26.7 Å². The van der Waals surface area contributed by atoms with Gasteiger partial charge < -0.3 is 4.90 Å². The Balaban J connectivity index is 1.37. The molecule has 0 saturated carbocycles. The summed E-state index contributed by atoms with van der Waals surface area (Å²) in [6, 6.07) is -0.00188. The molecule has 2 aromatic rings. The number of piperidine rings is 1. The van der Waals surface area contributed by atoms with Crippen molar-refractivity contribution in [3.8, 4) is 0 Å². The summed E-state index contributed by atoms with van der Waals surface area (Å²) in [4.78, 5) is 19.9. The highest BCUT2D eigenvalue weighted by Crippen LogP contribution is 2.24. The van der Waals surface area contributed by atoms with E-state index in [9.17, 15) is 4.79 Å². The minimum Gasteiger partial charge on any atom is -0.308 e. The second kappa shape index (κ2) is 7.67. The van der Waals surface area contributed by atoms with Crippen molar-refractivity contribution in [2.75, 3.05) is 37.6 Å². The van der Waals surface area contributed by atoms with Crippen LogP contribution in [0.4, 0.5) is 5.69 Å². The van der Waals surface area contributed by atoms with Crippen LogP contribution in [0.1, 0.15) is 29.8 Å². The Morgan fingerprint density at radius 2 is 1.86 bits per heavy atom. The molecule has 0 spiro atoms. The van der Waals surface area contributed by atoms with Gasteiger partial charge in [-0.2, -0.15) is 10.2 Å². The number of carbonyl (C=O) groups excluding carboxylic acids is 1. The Bertz CT molecular complexity index is 847. The third-order valence-corrected chi connectivity index (χ3v) is 6.30. The molecule has 2 aliphatic rings. The van der Waals surface area contributed by atoms with Gasteiger partial charge in [-0.1, -0.05) is 0 Å². The van der Waals surface area contributed by atoms with E-state index in [1.807, 2.05) is 29.9 Å². The lowest BCUT2D eigenvalue weighted by Crippen LogP contribution is -2.57. The fourth-order valence-electron chi connectivity index (χ4n) is 4.50. The summed E-state index contributed by atoms with van der Waals surface area (Å²) >= 11 is 0. The Hall–Kier alpha value is -2.19. The van der Waals surface area contributed by atoms with Crippen molar-refractivity contribution in [2.45, 2.75) is 39.3 Å². The highest BCUT2D eigenvalue weighted by Gasteiger charge is 2.35. The second-order valence-corrected chi connectivity index (χ2v) is 8.11. The van der Waals surface area contributed by atoms with Crippen LogP contribution in [-0.2, 0) is 25.4 Å². The predicted octanol–water partition coefficient (Wildman–Crippen LogP) is 1.08. The summed E-state index contributed by atoms with van der Waals surface area (Å²) in [5.41, 5.74) is 4.62. The first kappa shape index (κ1) is 19.1. The number of aromatic nitrogens is 4. The summed E-state index contributed by atoms with van der Waals surface area (Å²) in [5, 5.41) is 8.76. The van der Waals surface area contributed by atoms with Crippen LogP contribution in [0.2, 0.25) is 0 Å². The van der Waals surface area contributed by atoms with Crippen molar-refractivity contribution >= 4 is 11.6 Å². The van der Waals surface area contributed by atoms with E-state index >= 15 is 0 Å². The fraction of sp³-hybridized carbons (Fsp3) is 0.650. The lowest BCUT2D eigenvalue weighted by molar-refractivity contribution is -0.126. The number of aryl methyl sites for hydroxylation is 3. The van der Waals surface area contributed by atoms with Crippen LogP contribution in [0.25, 0.3) is 0 Å². The first-order valence-corrected chi connectivity index (χ1v) is 10.2. The molecular weight excluding hydrogens is 354 g/mol. The zero-order valence-electron chi connectivity index (χ0n) is 17.4. The molecule has 1 amide bonds. The number of carbonyl (C=O) groups is 1. The molecule has 28 heavy (non-hydrogen) atoms. The van der Waals surface area contributed by atoms with Crippen molar-refractivity contribution in [1.82, 2.24) is 29.4 Å². The summed E-state index contributed by atoms with van der Waals surface area (Å²) in [7, 11) is 3.90. The molecule has 8 heteroatoms. The lowest BCUT2D eigenvalue weighted by atomic mass is 10.0. The predicted molar refractivity (Wildman–Crippen MR) is 108 cm³/mol. The molecule has 4 rings (SSSR count). The van der Waals surface area contributed by atoms with E-state index in [-0.39, 0.29) is 11.9 Å². The van der Waals surface area contributed by atoms with Crippen molar-refractivity contribution in [3.63, 3.8) is 0 Å². The average molecular weight is 386 g/mol. The zero-order valence-corrected chi connectivity index (χ0v) is 17.4. The van der Waals surface area contributed by atoms with E-state index in [2.05, 4.69) is 33.8 Å². The molecule has 1 unspecified atom stereocenters. The van der Waals surface area contributed by atoms with E-state index in [4.69, 9.17) is 0 Å². The van der Waals surface area contributed by atoms with Gasteiger partial charge in [-0.25, -0.2) is 0 Å². The Labute approximate surface area is 166 Å². The van der Waals surface area contributed by atoms with Crippen LogP contribution >= 0.6 is 0 Å². The maximum atomic E-state index is 13.1. The number of amides is 1. The number of hydrogen-bond acceptors (Lipinski definition) is 5. The molecule has 152 valence electrons. The van der Waals surface area contributed by atoms with E-state index in [1.54, 1.807) is 10.9 Å². The summed E-state index contributed by atoms with van der Waals surface area (Å²) in [6.07, 6.45) is 5.71. The van der Waals surface area contributed by atoms with Gasteiger partial charge in [0.25, 0.3) is 0 Å². The van der Waals surface area contributed by atoms with Gasteiger partial charge in [0.2, 0.25) is 5.91 Å². The SMILES string of the molecule is Cc1nn(C)c(C)c1CN1CCN(C2CCCN(c3cnn(C)c3)C2=O)CC1. The number of nitrogens with zero attached hydrogens (tertiary/aromatic N) is 7. The Morgan fingerprint density at radius 1 is 1.11 bits per heavy atom. The number of piperazine rings is 1. The normalized spacial score (nSPS) is 22.2. The van der Waals surface area contributed by atoms with Gasteiger partial charge in [0.1, 0.15) is 0 Å². The minimum absolute atomic E-state index is 0.00188. The minimum atomic E-state index is -0.00188. The summed E-state index contributed by atoms with van der Waals surface area (Å²) < 4.78 is 3.72. The molecule has 0 N–H and O–H groups in total. The fourth-order valence-corrected chi connectivity index (χ4v) is 4.50. The zero-order chi connectivity index (χ0) is 19.8. The van der Waals surface area contributed by atoms with Crippen molar-refractivity contribution < 1.29 is 4.79 Å². The smallest absolute Gasteiger partial charge is 0.244 e. The molecule has 4 heterocycles. The second-order valence-electron chi connectivity index (χ2n) is 8.11. The Morgan fingerprint density at radius 3 is 2.46 bits per heavy atom. The molecule has 0 aliphatic carbocycles. The molecule has 2 fully saturated rings. The van der Waals surface area contributed by atoms with Crippen molar-refractivity contribution in [1.29, 1.82) is 0 Å². The monoisotopic (exact) mass is 385 g/mol. The highest BCUT2D eigenvalue weighted by atomic mass is 16.2. The molecular formula is C20H31N7O. The van der Waals surface area contributed by atoms with E-state index in [0.29, 0.717) is 0 Å². The van der Waals surface area contributed by atoms with Crippen LogP contribution in [0.3, 0.4) is 0 Å². The lowest BCUT2D eigenvalue weighted by Gasteiger charge is -2.42. The quantitative estimate of drug-likeness (QED) is 0.788. The Kier molecular flexibility index (Phi) is 5.25. The van der Waals surface area contributed by atoms with Crippen LogP contribution in [0.15, 0.2) is 12.4 Å². The molecule has 1 atom stereocenters. The van der Waals surface area contributed by atoms with Crippen LogP contribution < -0.4 is 4.90 Å². The first-order chi connectivity index (χ1) is 13.4. The van der Waals surface area contributed by atoms with Gasteiger partial charge in [0.15, 0.2) is 0 Å². The van der Waals surface area contributed by atoms with Crippen LogP contribution in [0, 0.1) is 13.8 Å². The number of anilines is 1. The molecule has 2 aliphatic heterocycles. The molecule has 2 aromatic heterocycles. The molecule has 2 saturated heterocycles. The molecule has 0 bridgehead atoms. The van der Waals surface area contributed by atoms with Gasteiger partial charge in [0, 0.05) is 70.8 Å². The van der Waals surface area contributed by atoms with Crippen LogP contribution in [0.5, 0.6) is 0 Å². The third-order valence-electron chi connectivity index (χ3n) is 6.30. The molecule has 0 aromatic carbocycles. The standard InChI is InChI=1S/C20H31N7O/c1-15-18(16(2)24(4)22-15)14-25-8-10-26(11-9-25)19-6-5-7-27(20(19)28)17-12-21-23(3)13-17/h12-13,19H,5-11,14H2,1-4H3. The van der Waals surface area contributed by atoms with E-state index in [0.717, 1.165) is 63.5 Å². The third kappa shape index (κ3) is 3.58. The van der Waals surface area contributed by atoms with Crippen molar-refractivity contribution in [2.24, 2.45) is 14.1 Å². The number of rotatable bonds is 4. The first-order valence-electron chi connectivity index (χ1n) is 10.2. The van der Waals surface area contributed by atoms with Gasteiger partial charge in [-0.3, -0.25) is 24.0 Å². The van der Waals surface area contributed by atoms with Gasteiger partial charge in [-0.15, -0.1) is 0 Å². The van der Waals surface area contributed by atoms with Crippen LogP contribution in [-0.4, -0.2) is 74.0 Å². The van der Waals surface area contributed by atoms with Crippen molar-refractivity contribution in [3.05, 3.63) is 29.3 Å². The summed E-state index contributed by atoms with van der Waals surface area (Å²) in [6.45, 7) is 9.83. The number of hydrogen-bond donors (Lipinski definition) is 0. The van der Waals surface area contributed by atoms with Gasteiger partial charge >= 0.3 is 0 Å². The largest absolute Gasteiger partial charge is 0.308 e. The molecule has 0 radical (unpaired) electrons. The van der Waals surface area contributed by atoms with E-state index < -0.39 is 0 Å². The van der Waals surface area contributed by atoms with Gasteiger partial charge in [0.05, 0.1) is 23.6 Å². The topological polar surface area (TPSA) is 62.4 Å². The van der Waals surface area contributed by atoms with E-state index in [1.165, 1.54) is 11.3 Å². The maximum Gasteiger partial charge on any atom is 0.244 e. The molecule has 8 nitrogen and oxygen atoms in total. The summed E-state index contributed by atoms with van der Waals surface area (Å²) in [5.74, 6) is 0.228. The maximum absolute atomic E-state index is 13.1.